The molecule has 0 saturated heterocycles. The molecule has 1 unspecified atom stereocenters. The Bertz CT molecular complexity index is 553. The van der Waals surface area contributed by atoms with Gasteiger partial charge in [-0.25, -0.2) is 9.38 Å². The molecule has 3 N–H and O–H groups in total. The summed E-state index contributed by atoms with van der Waals surface area (Å²) in [5.74, 6) is 1.12. The predicted molar refractivity (Wildman–Crippen MR) is 109 cm³/mol. The number of rotatable bonds is 9. The first-order valence-corrected chi connectivity index (χ1v) is 8.61. The number of nitrogens with one attached hydrogen (secondary N) is 2. The fourth-order valence-corrected chi connectivity index (χ4v) is 2.25. The first-order chi connectivity index (χ1) is 11.6. The minimum Gasteiger partial charge on any atom is -0.389 e. The van der Waals surface area contributed by atoms with Crippen molar-refractivity contribution < 1.29 is 14.2 Å². The molecule has 1 atom stereocenters. The highest BCUT2D eigenvalue weighted by atomic mass is 127. The van der Waals surface area contributed by atoms with Crippen molar-refractivity contribution in [1.29, 1.82) is 0 Å². The van der Waals surface area contributed by atoms with Crippen molar-refractivity contribution in [3.63, 3.8) is 0 Å². The van der Waals surface area contributed by atoms with E-state index >= 15 is 0 Å². The lowest BCUT2D eigenvalue weighted by Crippen LogP contribution is -2.42. The van der Waals surface area contributed by atoms with Crippen LogP contribution >= 0.6 is 24.0 Å². The van der Waals surface area contributed by atoms with Gasteiger partial charge in [-0.2, -0.15) is 0 Å². The van der Waals surface area contributed by atoms with Gasteiger partial charge in [-0.15, -0.1) is 24.0 Å². The first-order valence-electron chi connectivity index (χ1n) is 8.61. The Morgan fingerprint density at radius 1 is 1.40 bits per heavy atom. The van der Waals surface area contributed by atoms with Gasteiger partial charge in [0, 0.05) is 19.7 Å². The van der Waals surface area contributed by atoms with Crippen LogP contribution in [0.3, 0.4) is 0 Å². The van der Waals surface area contributed by atoms with Crippen LogP contribution in [-0.4, -0.2) is 43.5 Å². The summed E-state index contributed by atoms with van der Waals surface area (Å²) in [6.45, 7) is 6.35. The van der Waals surface area contributed by atoms with Crippen molar-refractivity contribution in [3.05, 3.63) is 35.1 Å². The average Bonchev–Trinajstić information content (AvgIpc) is 3.37. The number of ether oxygens (including phenoxy) is 1. The van der Waals surface area contributed by atoms with E-state index in [1.165, 1.54) is 18.9 Å². The second-order valence-corrected chi connectivity index (χ2v) is 6.29. The molecule has 0 aromatic heterocycles. The van der Waals surface area contributed by atoms with E-state index in [0.717, 1.165) is 18.7 Å². The van der Waals surface area contributed by atoms with Crippen LogP contribution in [-0.2, 0) is 11.3 Å². The molecule has 0 radical (unpaired) electrons. The molecule has 0 bridgehead atoms. The summed E-state index contributed by atoms with van der Waals surface area (Å²) in [5, 5.41) is 16.2. The standard InChI is InChI=1S/C18H28FN3O2.HI/c1-3-20-18(21-9-15-6-7-17(19)13(2)8-15)22-10-16(23)12-24-11-14-4-5-14;/h6-8,14,16,23H,3-5,9-12H2,1-2H3,(H2,20,21,22);1H. The van der Waals surface area contributed by atoms with E-state index in [-0.39, 0.29) is 29.8 Å². The van der Waals surface area contributed by atoms with Gasteiger partial charge in [0.05, 0.1) is 19.3 Å². The fourth-order valence-electron chi connectivity index (χ4n) is 2.25. The van der Waals surface area contributed by atoms with Crippen molar-refractivity contribution in [1.82, 2.24) is 10.6 Å². The zero-order chi connectivity index (χ0) is 17.4. The van der Waals surface area contributed by atoms with Crippen molar-refractivity contribution in [3.8, 4) is 0 Å². The lowest BCUT2D eigenvalue weighted by Gasteiger charge is -2.15. The number of aryl methyl sites for hydroxylation is 1. The van der Waals surface area contributed by atoms with Gasteiger partial charge in [-0.1, -0.05) is 12.1 Å². The van der Waals surface area contributed by atoms with Crippen LogP contribution in [0.2, 0.25) is 0 Å². The van der Waals surface area contributed by atoms with Gasteiger partial charge in [0.25, 0.3) is 0 Å². The van der Waals surface area contributed by atoms with Gasteiger partial charge >= 0.3 is 0 Å². The number of hydrogen-bond donors (Lipinski definition) is 3. The molecular formula is C18H29FIN3O2. The number of benzene rings is 1. The number of hydrogen-bond acceptors (Lipinski definition) is 3. The van der Waals surface area contributed by atoms with Gasteiger partial charge < -0.3 is 20.5 Å². The molecule has 0 amide bonds. The normalized spacial score (nSPS) is 15.4. The second kappa shape index (κ2) is 11.6. The third kappa shape index (κ3) is 8.82. The van der Waals surface area contributed by atoms with Crippen molar-refractivity contribution in [2.24, 2.45) is 10.9 Å². The topological polar surface area (TPSA) is 65.9 Å². The number of halogens is 2. The largest absolute Gasteiger partial charge is 0.389 e. The summed E-state index contributed by atoms with van der Waals surface area (Å²) in [6, 6.07) is 4.99. The molecular weight excluding hydrogens is 436 g/mol. The maximum atomic E-state index is 13.3. The molecule has 1 fully saturated rings. The van der Waals surface area contributed by atoms with Crippen LogP contribution in [0.5, 0.6) is 0 Å². The first kappa shape index (κ1) is 22.1. The van der Waals surface area contributed by atoms with Crippen LogP contribution in [0.4, 0.5) is 4.39 Å². The molecule has 1 saturated carbocycles. The highest BCUT2D eigenvalue weighted by molar-refractivity contribution is 14.0. The Kier molecular flexibility index (Phi) is 10.3. The van der Waals surface area contributed by atoms with Gasteiger partial charge in [0.15, 0.2) is 5.96 Å². The summed E-state index contributed by atoms with van der Waals surface area (Å²) >= 11 is 0. The second-order valence-electron chi connectivity index (χ2n) is 6.29. The van der Waals surface area contributed by atoms with E-state index in [9.17, 15) is 9.50 Å². The molecule has 2 rings (SSSR count). The highest BCUT2D eigenvalue weighted by Crippen LogP contribution is 2.28. The fraction of sp³-hybridized carbons (Fsp3) is 0.611. The Balaban J connectivity index is 0.00000312. The summed E-state index contributed by atoms with van der Waals surface area (Å²) in [4.78, 5) is 4.47. The zero-order valence-corrected chi connectivity index (χ0v) is 17.3. The minimum atomic E-state index is -0.569. The molecule has 0 aliphatic heterocycles. The van der Waals surface area contributed by atoms with Crippen LogP contribution in [0.1, 0.15) is 30.9 Å². The third-order valence-electron chi connectivity index (χ3n) is 3.85. The average molecular weight is 465 g/mol. The zero-order valence-electron chi connectivity index (χ0n) is 14.9. The number of aliphatic hydroxyl groups excluding tert-OH is 1. The molecule has 1 aliphatic rings. The van der Waals surface area contributed by atoms with E-state index < -0.39 is 6.10 Å². The van der Waals surface area contributed by atoms with E-state index in [1.807, 2.05) is 6.92 Å². The van der Waals surface area contributed by atoms with Crippen molar-refractivity contribution >= 4 is 29.9 Å². The molecule has 25 heavy (non-hydrogen) atoms. The Hall–Kier alpha value is -0.930. The molecule has 1 aromatic carbocycles. The maximum Gasteiger partial charge on any atom is 0.191 e. The van der Waals surface area contributed by atoms with Crippen LogP contribution in [0.15, 0.2) is 23.2 Å². The summed E-state index contributed by atoms with van der Waals surface area (Å²) in [5.41, 5.74) is 1.56. The Morgan fingerprint density at radius 3 is 2.80 bits per heavy atom. The Morgan fingerprint density at radius 2 is 2.16 bits per heavy atom. The highest BCUT2D eigenvalue weighted by Gasteiger charge is 2.21. The van der Waals surface area contributed by atoms with Crippen LogP contribution < -0.4 is 10.6 Å². The summed E-state index contributed by atoms with van der Waals surface area (Å²) in [7, 11) is 0. The van der Waals surface area contributed by atoms with Crippen LogP contribution in [0.25, 0.3) is 0 Å². The quantitative estimate of drug-likeness (QED) is 0.298. The molecule has 1 aromatic rings. The Labute approximate surface area is 166 Å². The van der Waals surface area contributed by atoms with Gasteiger partial charge in [-0.3, -0.25) is 0 Å². The monoisotopic (exact) mass is 465 g/mol. The van der Waals surface area contributed by atoms with E-state index in [4.69, 9.17) is 4.74 Å². The van der Waals surface area contributed by atoms with E-state index in [0.29, 0.717) is 37.1 Å². The smallest absolute Gasteiger partial charge is 0.191 e. The third-order valence-corrected chi connectivity index (χ3v) is 3.85. The van der Waals surface area contributed by atoms with Crippen molar-refractivity contribution in [2.75, 3.05) is 26.3 Å². The predicted octanol–water partition coefficient (Wildman–Crippen LogP) is 2.59. The van der Waals surface area contributed by atoms with Gasteiger partial charge in [0.1, 0.15) is 5.82 Å². The molecule has 1 aliphatic carbocycles. The number of guanidine groups is 1. The van der Waals surface area contributed by atoms with Crippen molar-refractivity contribution in [2.45, 2.75) is 39.3 Å². The van der Waals surface area contributed by atoms with Gasteiger partial charge in [0.2, 0.25) is 0 Å². The summed E-state index contributed by atoms with van der Waals surface area (Å²) in [6.07, 6.45) is 1.92. The van der Waals surface area contributed by atoms with Gasteiger partial charge in [-0.05, 0) is 49.8 Å². The molecule has 7 heteroatoms. The summed E-state index contributed by atoms with van der Waals surface area (Å²) < 4.78 is 18.8. The van der Waals surface area contributed by atoms with E-state index in [2.05, 4.69) is 15.6 Å². The van der Waals surface area contributed by atoms with Crippen LogP contribution in [0, 0.1) is 18.7 Å². The molecule has 142 valence electrons. The number of nitrogens with zero attached hydrogens (tertiary/aromatic N) is 1. The van der Waals surface area contributed by atoms with E-state index in [1.54, 1.807) is 19.1 Å². The minimum absolute atomic E-state index is 0. The number of aliphatic hydroxyl groups is 1. The molecule has 0 heterocycles. The molecule has 0 spiro atoms. The number of aliphatic imine (C=N–C) groups is 1. The maximum absolute atomic E-state index is 13.3. The molecule has 5 nitrogen and oxygen atoms in total. The lowest BCUT2D eigenvalue weighted by atomic mass is 10.1. The lowest BCUT2D eigenvalue weighted by molar-refractivity contribution is 0.0345. The SMILES string of the molecule is CCNC(=NCc1ccc(F)c(C)c1)NCC(O)COCC1CC1.I.